The molecule has 2 heterocycles. The molecule has 0 unspecified atom stereocenters. The highest BCUT2D eigenvalue weighted by atomic mass is 32.1. The lowest BCUT2D eigenvalue weighted by molar-refractivity contribution is 0.989. The Labute approximate surface area is 93.8 Å². The Bertz CT molecular complexity index is 448. The average Bonchev–Trinajstić information content (AvgIpc) is 2.67. The molecule has 0 aliphatic carbocycles. The molecule has 2 aromatic rings. The summed E-state index contributed by atoms with van der Waals surface area (Å²) >= 11 is 1.78. The maximum atomic E-state index is 5.52. The summed E-state index contributed by atoms with van der Waals surface area (Å²) in [4.78, 5) is 7.05. The van der Waals surface area contributed by atoms with Crippen LogP contribution in [0.2, 0.25) is 0 Å². The van der Waals surface area contributed by atoms with Gasteiger partial charge in [-0.15, -0.1) is 11.3 Å². The molecule has 2 N–H and O–H groups in total. The fraction of sp³-hybridized carbons (Fsp3) is 0.250. The molecule has 0 spiro atoms. The molecular weight excluding hydrogens is 204 g/mol. The van der Waals surface area contributed by atoms with Gasteiger partial charge in [0.25, 0.3) is 0 Å². The van der Waals surface area contributed by atoms with Crippen LogP contribution in [-0.4, -0.2) is 11.5 Å². The summed E-state index contributed by atoms with van der Waals surface area (Å²) in [6.07, 6.45) is 0.955. The van der Waals surface area contributed by atoms with Crippen LogP contribution in [0.5, 0.6) is 0 Å². The summed E-state index contributed by atoms with van der Waals surface area (Å²) in [7, 11) is 0. The third-order valence-corrected chi connectivity index (χ3v) is 3.36. The number of rotatable bonds is 3. The first kappa shape index (κ1) is 10.3. The SMILES string of the molecule is Cc1cccc(-c2ccc(CCN)s2)n1. The van der Waals surface area contributed by atoms with Gasteiger partial charge in [0, 0.05) is 10.6 Å². The molecule has 15 heavy (non-hydrogen) atoms. The van der Waals surface area contributed by atoms with E-state index in [2.05, 4.69) is 17.1 Å². The van der Waals surface area contributed by atoms with Crippen molar-refractivity contribution >= 4 is 11.3 Å². The van der Waals surface area contributed by atoms with Crippen LogP contribution in [0.25, 0.3) is 10.6 Å². The van der Waals surface area contributed by atoms with E-state index in [0.717, 1.165) is 17.8 Å². The van der Waals surface area contributed by atoms with Crippen LogP contribution in [0.1, 0.15) is 10.6 Å². The minimum absolute atomic E-state index is 0.710. The summed E-state index contributed by atoms with van der Waals surface area (Å²) in [6, 6.07) is 10.4. The highest BCUT2D eigenvalue weighted by Gasteiger charge is 2.03. The highest BCUT2D eigenvalue weighted by Crippen LogP contribution is 2.26. The molecular formula is C12H14N2S. The normalized spacial score (nSPS) is 10.5. The van der Waals surface area contributed by atoms with Crippen molar-refractivity contribution in [1.29, 1.82) is 0 Å². The number of aromatic nitrogens is 1. The van der Waals surface area contributed by atoms with Crippen LogP contribution < -0.4 is 5.73 Å². The largest absolute Gasteiger partial charge is 0.330 e. The van der Waals surface area contributed by atoms with E-state index >= 15 is 0 Å². The minimum atomic E-state index is 0.710. The fourth-order valence-corrected chi connectivity index (χ4v) is 2.47. The van der Waals surface area contributed by atoms with Crippen LogP contribution >= 0.6 is 11.3 Å². The van der Waals surface area contributed by atoms with Crippen LogP contribution in [0, 0.1) is 6.92 Å². The second kappa shape index (κ2) is 4.55. The van der Waals surface area contributed by atoms with E-state index in [4.69, 9.17) is 5.73 Å². The number of nitrogens with zero attached hydrogens (tertiary/aromatic N) is 1. The van der Waals surface area contributed by atoms with Crippen LogP contribution in [0.3, 0.4) is 0 Å². The van der Waals surface area contributed by atoms with Gasteiger partial charge in [0.15, 0.2) is 0 Å². The van der Waals surface area contributed by atoms with Crippen molar-refractivity contribution < 1.29 is 0 Å². The lowest BCUT2D eigenvalue weighted by Crippen LogP contribution is -2.00. The summed E-state index contributed by atoms with van der Waals surface area (Å²) in [5.74, 6) is 0. The lowest BCUT2D eigenvalue weighted by Gasteiger charge is -1.97. The van der Waals surface area contributed by atoms with Crippen molar-refractivity contribution in [3.8, 4) is 10.6 Å². The van der Waals surface area contributed by atoms with Crippen LogP contribution in [-0.2, 0) is 6.42 Å². The molecule has 3 heteroatoms. The third-order valence-electron chi connectivity index (χ3n) is 2.19. The molecule has 0 aliphatic rings. The summed E-state index contributed by atoms with van der Waals surface area (Å²) in [5, 5.41) is 0. The second-order valence-corrected chi connectivity index (χ2v) is 4.64. The zero-order valence-electron chi connectivity index (χ0n) is 8.73. The topological polar surface area (TPSA) is 38.9 Å². The second-order valence-electron chi connectivity index (χ2n) is 3.47. The molecule has 2 aromatic heterocycles. The smallest absolute Gasteiger partial charge is 0.0804 e. The van der Waals surface area contributed by atoms with E-state index in [9.17, 15) is 0 Å². The van der Waals surface area contributed by atoms with Crippen molar-refractivity contribution in [3.63, 3.8) is 0 Å². The molecule has 0 bridgehead atoms. The van der Waals surface area contributed by atoms with Crippen LogP contribution in [0.15, 0.2) is 30.3 Å². The zero-order chi connectivity index (χ0) is 10.7. The van der Waals surface area contributed by atoms with Crippen molar-refractivity contribution in [1.82, 2.24) is 4.98 Å². The maximum Gasteiger partial charge on any atom is 0.0804 e. The quantitative estimate of drug-likeness (QED) is 0.860. The van der Waals surface area contributed by atoms with Crippen molar-refractivity contribution in [2.24, 2.45) is 5.73 Å². The molecule has 78 valence electrons. The molecule has 0 aromatic carbocycles. The summed E-state index contributed by atoms with van der Waals surface area (Å²) < 4.78 is 0. The molecule has 0 radical (unpaired) electrons. The Morgan fingerprint density at radius 1 is 1.27 bits per heavy atom. The van der Waals surface area contributed by atoms with E-state index in [-0.39, 0.29) is 0 Å². The standard InChI is InChI=1S/C12H14N2S/c1-9-3-2-4-11(14-9)12-6-5-10(15-12)7-8-13/h2-6H,7-8,13H2,1H3. The van der Waals surface area contributed by atoms with Crippen LogP contribution in [0.4, 0.5) is 0 Å². The van der Waals surface area contributed by atoms with Gasteiger partial charge in [-0.1, -0.05) is 6.07 Å². The molecule has 0 saturated carbocycles. The van der Waals surface area contributed by atoms with E-state index in [0.29, 0.717) is 6.54 Å². The highest BCUT2D eigenvalue weighted by molar-refractivity contribution is 7.15. The molecule has 0 fully saturated rings. The number of pyridine rings is 1. The van der Waals surface area contributed by atoms with Crippen molar-refractivity contribution in [2.45, 2.75) is 13.3 Å². The van der Waals surface area contributed by atoms with Gasteiger partial charge in [0.05, 0.1) is 10.6 Å². The zero-order valence-corrected chi connectivity index (χ0v) is 9.55. The molecule has 2 rings (SSSR count). The van der Waals surface area contributed by atoms with E-state index in [1.54, 1.807) is 11.3 Å². The monoisotopic (exact) mass is 218 g/mol. The fourth-order valence-electron chi connectivity index (χ4n) is 1.47. The Kier molecular flexibility index (Phi) is 3.14. The van der Waals surface area contributed by atoms with Gasteiger partial charge in [0.1, 0.15) is 0 Å². The summed E-state index contributed by atoms with van der Waals surface area (Å²) in [5.41, 5.74) is 7.64. The van der Waals surface area contributed by atoms with Gasteiger partial charge in [-0.3, -0.25) is 4.98 Å². The van der Waals surface area contributed by atoms with Gasteiger partial charge in [-0.05, 0) is 44.2 Å². The Hall–Kier alpha value is -1.19. The average molecular weight is 218 g/mol. The first-order valence-corrected chi connectivity index (χ1v) is 5.84. The Balaban J connectivity index is 2.29. The van der Waals surface area contributed by atoms with Gasteiger partial charge in [0.2, 0.25) is 0 Å². The molecule has 0 saturated heterocycles. The van der Waals surface area contributed by atoms with E-state index in [1.807, 2.05) is 25.1 Å². The summed E-state index contributed by atoms with van der Waals surface area (Å²) in [6.45, 7) is 2.72. The minimum Gasteiger partial charge on any atom is -0.330 e. The number of hydrogen-bond donors (Lipinski definition) is 1. The molecule has 0 atom stereocenters. The third kappa shape index (κ3) is 2.43. The predicted octanol–water partition coefficient (Wildman–Crippen LogP) is 2.62. The van der Waals surface area contributed by atoms with E-state index < -0.39 is 0 Å². The van der Waals surface area contributed by atoms with Crippen molar-refractivity contribution in [2.75, 3.05) is 6.54 Å². The number of nitrogens with two attached hydrogens (primary N) is 1. The molecule has 0 aliphatic heterocycles. The number of thiophene rings is 1. The Morgan fingerprint density at radius 2 is 2.13 bits per heavy atom. The van der Waals surface area contributed by atoms with Gasteiger partial charge < -0.3 is 5.73 Å². The lowest BCUT2D eigenvalue weighted by atomic mass is 10.2. The first-order chi connectivity index (χ1) is 7.29. The Morgan fingerprint density at radius 3 is 2.87 bits per heavy atom. The predicted molar refractivity (Wildman–Crippen MR) is 65.0 cm³/mol. The van der Waals surface area contributed by atoms with Gasteiger partial charge in [-0.2, -0.15) is 0 Å². The van der Waals surface area contributed by atoms with Gasteiger partial charge in [-0.25, -0.2) is 0 Å². The first-order valence-electron chi connectivity index (χ1n) is 5.02. The van der Waals surface area contributed by atoms with E-state index in [1.165, 1.54) is 9.75 Å². The van der Waals surface area contributed by atoms with Gasteiger partial charge >= 0.3 is 0 Å². The van der Waals surface area contributed by atoms with Crippen molar-refractivity contribution in [3.05, 3.63) is 40.9 Å². The maximum absolute atomic E-state index is 5.52. The molecule has 2 nitrogen and oxygen atoms in total. The number of aryl methyl sites for hydroxylation is 1. The number of hydrogen-bond acceptors (Lipinski definition) is 3. The molecule has 0 amide bonds.